The highest BCUT2D eigenvalue weighted by molar-refractivity contribution is 6.29. The number of amides is 1. The van der Waals surface area contributed by atoms with E-state index in [1.54, 1.807) is 24.3 Å². The fourth-order valence-corrected chi connectivity index (χ4v) is 2.76. The number of benzene rings is 2. The Morgan fingerprint density at radius 3 is 2.53 bits per heavy atom. The zero-order valence-corrected chi connectivity index (χ0v) is 16.9. The third kappa shape index (κ3) is 5.93. The van der Waals surface area contributed by atoms with Crippen molar-refractivity contribution >= 4 is 29.6 Å². The first-order chi connectivity index (χ1) is 14.4. The Bertz CT molecular complexity index is 1080. The van der Waals surface area contributed by atoms with Crippen LogP contribution in [0.15, 0.2) is 72.6 Å². The summed E-state index contributed by atoms with van der Waals surface area (Å²) in [6.45, 7) is 2.45. The van der Waals surface area contributed by atoms with Gasteiger partial charge in [0.1, 0.15) is 23.2 Å². The second-order valence-electron chi connectivity index (χ2n) is 6.53. The molecule has 0 spiro atoms. The Morgan fingerprint density at radius 2 is 1.90 bits per heavy atom. The number of aryl methyl sites for hydroxylation is 1. The van der Waals surface area contributed by atoms with Gasteiger partial charge in [-0.3, -0.25) is 4.79 Å². The van der Waals surface area contributed by atoms with E-state index >= 15 is 0 Å². The van der Waals surface area contributed by atoms with Crippen molar-refractivity contribution < 1.29 is 19.4 Å². The molecule has 7 heteroatoms. The summed E-state index contributed by atoms with van der Waals surface area (Å²) >= 11 is 5.70. The smallest absolute Gasteiger partial charge is 0.352 e. The molecule has 0 saturated carbocycles. The molecule has 0 saturated heterocycles. The molecule has 0 atom stereocenters. The number of aliphatic carboxylic acids is 1. The quantitative estimate of drug-likeness (QED) is 0.433. The molecule has 152 valence electrons. The summed E-state index contributed by atoms with van der Waals surface area (Å²) in [7, 11) is 0. The SMILES string of the molecule is Cc1cccc(COc2ccc(/C=C(/NC(=O)c3ccc(Cl)nc3)C(=O)O)cc2)c1. The first kappa shape index (κ1) is 21.1. The van der Waals surface area contributed by atoms with Crippen molar-refractivity contribution in [1.82, 2.24) is 10.3 Å². The highest BCUT2D eigenvalue weighted by atomic mass is 35.5. The minimum absolute atomic E-state index is 0.200. The number of carbonyl (C=O) groups is 2. The molecule has 0 unspecified atom stereocenters. The van der Waals surface area contributed by atoms with E-state index in [-0.39, 0.29) is 16.4 Å². The minimum atomic E-state index is -1.26. The molecule has 3 aromatic rings. The van der Waals surface area contributed by atoms with Crippen LogP contribution >= 0.6 is 11.6 Å². The molecule has 0 bridgehead atoms. The number of nitrogens with zero attached hydrogens (tertiary/aromatic N) is 1. The van der Waals surface area contributed by atoms with Gasteiger partial charge in [-0.15, -0.1) is 0 Å². The number of carboxylic acid groups (broad SMARTS) is 1. The maximum absolute atomic E-state index is 12.2. The standard InChI is InChI=1S/C23H19ClN2O4/c1-15-3-2-4-17(11-15)14-30-19-8-5-16(6-9-19)12-20(23(28)29)26-22(27)18-7-10-21(24)25-13-18/h2-13H,14H2,1H3,(H,26,27)(H,28,29)/b20-12+. The zero-order chi connectivity index (χ0) is 21.5. The van der Waals surface area contributed by atoms with E-state index in [1.807, 2.05) is 25.1 Å². The monoisotopic (exact) mass is 422 g/mol. The summed E-state index contributed by atoms with van der Waals surface area (Å²) < 4.78 is 5.76. The molecule has 6 nitrogen and oxygen atoms in total. The maximum Gasteiger partial charge on any atom is 0.352 e. The van der Waals surface area contributed by atoms with Gasteiger partial charge >= 0.3 is 5.97 Å². The largest absolute Gasteiger partial charge is 0.489 e. The van der Waals surface area contributed by atoms with Gasteiger partial charge in [-0.1, -0.05) is 53.6 Å². The molecule has 0 aliphatic carbocycles. The van der Waals surface area contributed by atoms with E-state index in [1.165, 1.54) is 24.4 Å². The maximum atomic E-state index is 12.2. The molecule has 0 aliphatic rings. The molecular weight excluding hydrogens is 404 g/mol. The summed E-state index contributed by atoms with van der Waals surface area (Å²) in [5.41, 5.74) is 2.76. The fraction of sp³-hybridized carbons (Fsp3) is 0.0870. The Balaban J connectivity index is 1.67. The van der Waals surface area contributed by atoms with Gasteiger partial charge in [0.15, 0.2) is 0 Å². The zero-order valence-electron chi connectivity index (χ0n) is 16.1. The Hall–Kier alpha value is -3.64. The summed E-state index contributed by atoms with van der Waals surface area (Å²) in [4.78, 5) is 27.6. The van der Waals surface area contributed by atoms with Gasteiger partial charge in [0.05, 0.1) is 5.56 Å². The van der Waals surface area contributed by atoms with Crippen molar-refractivity contribution in [2.24, 2.45) is 0 Å². The van der Waals surface area contributed by atoms with Crippen molar-refractivity contribution in [3.8, 4) is 5.75 Å². The van der Waals surface area contributed by atoms with Crippen LogP contribution in [0.3, 0.4) is 0 Å². The Morgan fingerprint density at radius 1 is 1.13 bits per heavy atom. The molecule has 0 fully saturated rings. The highest BCUT2D eigenvalue weighted by Crippen LogP contribution is 2.17. The van der Waals surface area contributed by atoms with Crippen LogP contribution in [-0.2, 0) is 11.4 Å². The lowest BCUT2D eigenvalue weighted by Gasteiger charge is -2.08. The van der Waals surface area contributed by atoms with Gasteiger partial charge in [0.2, 0.25) is 0 Å². The summed E-state index contributed by atoms with van der Waals surface area (Å²) in [5.74, 6) is -1.20. The van der Waals surface area contributed by atoms with Gasteiger partial charge in [0.25, 0.3) is 5.91 Å². The van der Waals surface area contributed by atoms with E-state index in [2.05, 4.69) is 16.4 Å². The summed E-state index contributed by atoms with van der Waals surface area (Å²) in [6, 6.07) is 17.9. The van der Waals surface area contributed by atoms with Crippen LogP contribution in [0.2, 0.25) is 5.15 Å². The second kappa shape index (κ2) is 9.71. The highest BCUT2D eigenvalue weighted by Gasteiger charge is 2.14. The average Bonchev–Trinajstić information content (AvgIpc) is 2.73. The Kier molecular flexibility index (Phi) is 6.83. The van der Waals surface area contributed by atoms with E-state index in [0.29, 0.717) is 17.9 Å². The molecule has 2 aromatic carbocycles. The van der Waals surface area contributed by atoms with Crippen LogP contribution in [0, 0.1) is 6.92 Å². The number of halogens is 1. The van der Waals surface area contributed by atoms with Gasteiger partial charge in [-0.25, -0.2) is 9.78 Å². The van der Waals surface area contributed by atoms with Crippen molar-refractivity contribution in [1.29, 1.82) is 0 Å². The molecule has 1 aromatic heterocycles. The molecule has 1 amide bonds. The number of hydrogen-bond acceptors (Lipinski definition) is 4. The number of rotatable bonds is 7. The van der Waals surface area contributed by atoms with Crippen molar-refractivity contribution in [3.63, 3.8) is 0 Å². The molecular formula is C23H19ClN2O4. The first-order valence-electron chi connectivity index (χ1n) is 9.07. The fourth-order valence-electron chi connectivity index (χ4n) is 2.65. The summed E-state index contributed by atoms with van der Waals surface area (Å²) in [6.07, 6.45) is 2.64. The lowest BCUT2D eigenvalue weighted by Crippen LogP contribution is -2.27. The third-order valence-electron chi connectivity index (χ3n) is 4.15. The number of ether oxygens (including phenoxy) is 1. The van der Waals surface area contributed by atoms with Gasteiger partial charge < -0.3 is 15.2 Å². The van der Waals surface area contributed by atoms with Gasteiger partial charge in [-0.2, -0.15) is 0 Å². The van der Waals surface area contributed by atoms with Crippen molar-refractivity contribution in [3.05, 3.63) is 100.0 Å². The number of carboxylic acids is 1. The minimum Gasteiger partial charge on any atom is -0.489 e. The molecule has 0 aliphatic heterocycles. The molecule has 0 radical (unpaired) electrons. The lowest BCUT2D eigenvalue weighted by atomic mass is 10.1. The number of hydrogen-bond donors (Lipinski definition) is 2. The van der Waals surface area contributed by atoms with E-state index in [9.17, 15) is 14.7 Å². The van der Waals surface area contributed by atoms with Crippen LogP contribution in [-0.4, -0.2) is 22.0 Å². The lowest BCUT2D eigenvalue weighted by molar-refractivity contribution is -0.132. The topological polar surface area (TPSA) is 88.5 Å². The number of pyridine rings is 1. The molecule has 1 heterocycles. The predicted molar refractivity (Wildman–Crippen MR) is 114 cm³/mol. The van der Waals surface area contributed by atoms with E-state index < -0.39 is 11.9 Å². The number of nitrogens with one attached hydrogen (secondary N) is 1. The van der Waals surface area contributed by atoms with Crippen LogP contribution in [0.5, 0.6) is 5.75 Å². The third-order valence-corrected chi connectivity index (χ3v) is 4.37. The number of carbonyl (C=O) groups excluding carboxylic acids is 1. The number of aromatic nitrogens is 1. The van der Waals surface area contributed by atoms with Crippen LogP contribution in [0.4, 0.5) is 0 Å². The molecule has 30 heavy (non-hydrogen) atoms. The van der Waals surface area contributed by atoms with E-state index in [4.69, 9.17) is 16.3 Å². The molecule has 2 N–H and O–H groups in total. The van der Waals surface area contributed by atoms with Crippen LogP contribution in [0.25, 0.3) is 6.08 Å². The normalized spacial score (nSPS) is 11.1. The second-order valence-corrected chi connectivity index (χ2v) is 6.92. The summed E-state index contributed by atoms with van der Waals surface area (Å²) in [5, 5.41) is 12.0. The first-order valence-corrected chi connectivity index (χ1v) is 9.45. The Labute approximate surface area is 178 Å². The predicted octanol–water partition coefficient (Wildman–Crippen LogP) is 4.48. The van der Waals surface area contributed by atoms with E-state index in [0.717, 1.165) is 11.1 Å². The van der Waals surface area contributed by atoms with Crippen molar-refractivity contribution in [2.75, 3.05) is 0 Å². The van der Waals surface area contributed by atoms with Crippen LogP contribution in [0.1, 0.15) is 27.0 Å². The van der Waals surface area contributed by atoms with Crippen molar-refractivity contribution in [2.45, 2.75) is 13.5 Å². The average molecular weight is 423 g/mol. The van der Waals surface area contributed by atoms with Crippen LogP contribution < -0.4 is 10.1 Å². The molecule has 3 rings (SSSR count). The van der Waals surface area contributed by atoms with Gasteiger partial charge in [-0.05, 0) is 48.4 Å². The van der Waals surface area contributed by atoms with Gasteiger partial charge in [0, 0.05) is 6.20 Å².